The minimum absolute atomic E-state index is 0.153. The average Bonchev–Trinajstić information content (AvgIpc) is 3.34. The predicted molar refractivity (Wildman–Crippen MR) is 115 cm³/mol. The monoisotopic (exact) mass is 497 g/mol. The lowest BCUT2D eigenvalue weighted by Crippen LogP contribution is -2.40. The fourth-order valence-electron chi connectivity index (χ4n) is 3.98. The lowest BCUT2D eigenvalue weighted by atomic mass is 9.90. The van der Waals surface area contributed by atoms with Gasteiger partial charge in [0.05, 0.1) is 5.69 Å². The van der Waals surface area contributed by atoms with Gasteiger partial charge >= 0.3 is 12.4 Å². The molecule has 2 N–H and O–H groups in total. The smallest absolute Gasteiger partial charge is 0.382 e. The third-order valence-electron chi connectivity index (χ3n) is 5.74. The summed E-state index contributed by atoms with van der Waals surface area (Å²) in [5.41, 5.74) is -2.22. The highest BCUT2D eigenvalue weighted by molar-refractivity contribution is 5.94. The molecule has 0 bridgehead atoms. The van der Waals surface area contributed by atoms with E-state index in [0.717, 1.165) is 5.69 Å². The molecule has 0 unspecified atom stereocenters. The summed E-state index contributed by atoms with van der Waals surface area (Å²) in [4.78, 5) is 15.3. The molecule has 35 heavy (non-hydrogen) atoms. The second-order valence-electron chi connectivity index (χ2n) is 8.29. The fourth-order valence-corrected chi connectivity index (χ4v) is 3.98. The minimum atomic E-state index is -5.00. The Balaban J connectivity index is 1.34. The van der Waals surface area contributed by atoms with Crippen molar-refractivity contribution in [3.63, 3.8) is 0 Å². The molecule has 1 amide bonds. The van der Waals surface area contributed by atoms with Gasteiger partial charge in [-0.3, -0.25) is 4.79 Å². The first-order valence-corrected chi connectivity index (χ1v) is 10.8. The third-order valence-corrected chi connectivity index (χ3v) is 5.74. The van der Waals surface area contributed by atoms with Gasteiger partial charge in [0.2, 0.25) is 0 Å². The Bertz CT molecular complexity index is 1120. The molecule has 0 saturated heterocycles. The Morgan fingerprint density at radius 2 is 1.46 bits per heavy atom. The van der Waals surface area contributed by atoms with Crippen LogP contribution < -0.4 is 10.6 Å². The van der Waals surface area contributed by atoms with Gasteiger partial charge in [-0.2, -0.15) is 31.4 Å². The van der Waals surface area contributed by atoms with Crippen LogP contribution in [-0.4, -0.2) is 32.8 Å². The summed E-state index contributed by atoms with van der Waals surface area (Å²) in [5.74, 6) is -0.257. The maximum absolute atomic E-state index is 13.0. The van der Waals surface area contributed by atoms with E-state index in [0.29, 0.717) is 43.4 Å². The summed E-state index contributed by atoms with van der Waals surface area (Å²) >= 11 is 0. The Hall–Kier alpha value is -3.57. The number of hydrogen-bond donors (Lipinski definition) is 2. The molecular weight excluding hydrogens is 476 g/mol. The summed E-state index contributed by atoms with van der Waals surface area (Å²) in [7, 11) is 0. The van der Waals surface area contributed by atoms with Crippen LogP contribution in [0.25, 0.3) is 5.69 Å². The van der Waals surface area contributed by atoms with E-state index < -0.39 is 23.7 Å². The molecule has 12 heteroatoms. The van der Waals surface area contributed by atoms with Crippen LogP contribution in [0, 0.1) is 0 Å². The molecule has 1 aliphatic rings. The van der Waals surface area contributed by atoms with Crippen molar-refractivity contribution in [3.8, 4) is 5.69 Å². The van der Waals surface area contributed by atoms with E-state index in [1.165, 1.54) is 0 Å². The number of pyridine rings is 1. The van der Waals surface area contributed by atoms with Gasteiger partial charge in [0.1, 0.15) is 11.4 Å². The van der Waals surface area contributed by atoms with Gasteiger partial charge < -0.3 is 10.6 Å². The average molecular weight is 497 g/mol. The molecule has 2 aromatic heterocycles. The van der Waals surface area contributed by atoms with Crippen molar-refractivity contribution in [2.45, 2.75) is 50.1 Å². The SMILES string of the molecule is O=C(N[C@H]1CC[C@@H](Nc2cc(C(F)(F)F)nc(C(F)(F)F)c2)CC1)c1ccc(-n2cccn2)cc1. The summed E-state index contributed by atoms with van der Waals surface area (Å²) in [6, 6.07) is 9.35. The molecule has 1 aliphatic carbocycles. The zero-order chi connectivity index (χ0) is 25.2. The van der Waals surface area contributed by atoms with Gasteiger partial charge in [0.25, 0.3) is 5.91 Å². The first kappa shape index (κ1) is 24.6. The number of carbonyl (C=O) groups is 1. The molecular formula is C23H21F6N5O. The summed E-state index contributed by atoms with van der Waals surface area (Å²) < 4.78 is 79.8. The van der Waals surface area contributed by atoms with Crippen molar-refractivity contribution >= 4 is 11.6 Å². The lowest BCUT2D eigenvalue weighted by Gasteiger charge is -2.30. The highest BCUT2D eigenvalue weighted by Gasteiger charge is 2.39. The van der Waals surface area contributed by atoms with Crippen LogP contribution in [-0.2, 0) is 12.4 Å². The van der Waals surface area contributed by atoms with Gasteiger partial charge in [-0.1, -0.05) is 0 Å². The maximum Gasteiger partial charge on any atom is 0.433 e. The molecule has 0 radical (unpaired) electrons. The summed E-state index contributed by atoms with van der Waals surface area (Å²) in [5, 5.41) is 9.83. The number of rotatable bonds is 5. The number of nitrogens with zero attached hydrogens (tertiary/aromatic N) is 3. The molecule has 1 aromatic carbocycles. The van der Waals surface area contributed by atoms with Crippen LogP contribution in [0.15, 0.2) is 54.9 Å². The summed E-state index contributed by atoms with van der Waals surface area (Å²) in [6.07, 6.45) is -4.60. The molecule has 6 nitrogen and oxygen atoms in total. The van der Waals surface area contributed by atoms with Crippen molar-refractivity contribution in [3.05, 3.63) is 71.8 Å². The van der Waals surface area contributed by atoms with Gasteiger partial charge in [0, 0.05) is 35.7 Å². The number of nitrogens with one attached hydrogen (secondary N) is 2. The van der Waals surface area contributed by atoms with E-state index in [1.807, 2.05) is 0 Å². The number of amides is 1. The molecule has 1 fully saturated rings. The Morgan fingerprint density at radius 1 is 0.886 bits per heavy atom. The molecule has 0 atom stereocenters. The minimum Gasteiger partial charge on any atom is -0.382 e. The van der Waals surface area contributed by atoms with Crippen molar-refractivity contribution in [1.29, 1.82) is 0 Å². The van der Waals surface area contributed by atoms with E-state index in [9.17, 15) is 31.1 Å². The number of carbonyl (C=O) groups excluding carboxylic acids is 1. The Labute approximate surface area is 196 Å². The van der Waals surface area contributed by atoms with Crippen molar-refractivity contribution in [1.82, 2.24) is 20.1 Å². The molecule has 0 spiro atoms. The third kappa shape index (κ3) is 6.11. The van der Waals surface area contributed by atoms with E-state index in [-0.39, 0.29) is 23.7 Å². The van der Waals surface area contributed by atoms with Gasteiger partial charge in [0.15, 0.2) is 0 Å². The fraction of sp³-hybridized carbons (Fsp3) is 0.348. The zero-order valence-corrected chi connectivity index (χ0v) is 18.2. The predicted octanol–water partition coefficient (Wildman–Crippen LogP) is 5.46. The Morgan fingerprint density at radius 3 is 1.97 bits per heavy atom. The zero-order valence-electron chi connectivity index (χ0n) is 18.2. The van der Waals surface area contributed by atoms with Gasteiger partial charge in [-0.25, -0.2) is 9.67 Å². The van der Waals surface area contributed by atoms with Crippen LogP contribution in [0.4, 0.5) is 32.0 Å². The number of aromatic nitrogens is 3. The van der Waals surface area contributed by atoms with Crippen LogP contribution in [0.2, 0.25) is 0 Å². The number of benzene rings is 1. The first-order valence-electron chi connectivity index (χ1n) is 10.8. The molecule has 0 aliphatic heterocycles. The maximum atomic E-state index is 13.0. The van der Waals surface area contributed by atoms with Gasteiger partial charge in [-0.05, 0) is 68.1 Å². The molecule has 2 heterocycles. The molecule has 3 aromatic rings. The molecule has 186 valence electrons. The number of anilines is 1. The van der Waals surface area contributed by atoms with Crippen LogP contribution in [0.5, 0.6) is 0 Å². The second kappa shape index (κ2) is 9.59. The summed E-state index contributed by atoms with van der Waals surface area (Å²) in [6.45, 7) is 0. The van der Waals surface area contributed by atoms with Crippen molar-refractivity contribution in [2.75, 3.05) is 5.32 Å². The second-order valence-corrected chi connectivity index (χ2v) is 8.29. The van der Waals surface area contributed by atoms with E-state index in [1.54, 1.807) is 47.4 Å². The Kier molecular flexibility index (Phi) is 6.73. The van der Waals surface area contributed by atoms with Crippen LogP contribution in [0.1, 0.15) is 47.4 Å². The van der Waals surface area contributed by atoms with Gasteiger partial charge in [-0.15, -0.1) is 0 Å². The normalized spacial score (nSPS) is 18.8. The van der Waals surface area contributed by atoms with E-state index in [2.05, 4.69) is 20.7 Å². The quantitative estimate of drug-likeness (QED) is 0.460. The van der Waals surface area contributed by atoms with Crippen molar-refractivity contribution in [2.24, 2.45) is 0 Å². The van der Waals surface area contributed by atoms with E-state index >= 15 is 0 Å². The van der Waals surface area contributed by atoms with Crippen molar-refractivity contribution < 1.29 is 31.1 Å². The lowest BCUT2D eigenvalue weighted by molar-refractivity contribution is -0.150. The topological polar surface area (TPSA) is 71.8 Å². The number of halogens is 6. The molecule has 1 saturated carbocycles. The first-order chi connectivity index (χ1) is 16.5. The number of alkyl halides is 6. The van der Waals surface area contributed by atoms with Crippen LogP contribution >= 0.6 is 0 Å². The van der Waals surface area contributed by atoms with E-state index in [4.69, 9.17) is 0 Å². The highest BCUT2D eigenvalue weighted by atomic mass is 19.4. The molecule has 4 rings (SSSR count). The standard InChI is InChI=1S/C23H21F6N5O/c24-22(25,26)19-12-17(13-20(33-19)23(27,28)29)31-15-4-6-16(7-5-15)32-21(35)14-2-8-18(9-3-14)34-11-1-10-30-34/h1-3,8-13,15-16H,4-7H2,(H,31,33)(H,32,35)/t15-,16+. The largest absolute Gasteiger partial charge is 0.433 e. The van der Waals surface area contributed by atoms with Crippen LogP contribution in [0.3, 0.4) is 0 Å². The number of hydrogen-bond acceptors (Lipinski definition) is 4. The highest BCUT2D eigenvalue weighted by Crippen LogP contribution is 2.35.